The predicted molar refractivity (Wildman–Crippen MR) is 110 cm³/mol. The normalized spacial score (nSPS) is 12.0. The predicted octanol–water partition coefficient (Wildman–Crippen LogP) is 3.29. The number of carbonyl (C=O) groups is 1. The number of benzene rings is 1. The lowest BCUT2D eigenvalue weighted by Crippen LogP contribution is -2.22. The second kappa shape index (κ2) is 8.70. The maximum Gasteiger partial charge on any atom is 0.239 e. The third-order valence-electron chi connectivity index (χ3n) is 4.03. The van der Waals surface area contributed by atoms with Crippen molar-refractivity contribution in [3.63, 3.8) is 0 Å². The quantitative estimate of drug-likeness (QED) is 0.588. The molecule has 3 rings (SSSR count). The summed E-state index contributed by atoms with van der Waals surface area (Å²) in [7, 11) is 1.86. The zero-order valence-electron chi connectivity index (χ0n) is 16.4. The van der Waals surface area contributed by atoms with Crippen LogP contribution in [-0.2, 0) is 18.4 Å². The molecule has 1 unspecified atom stereocenters. The number of hydrogen-bond acceptors (Lipinski definition) is 8. The molecule has 0 radical (unpaired) electrons. The first-order valence-corrected chi connectivity index (χ1v) is 10.4. The third kappa shape index (κ3) is 4.87. The molecule has 2 aromatic heterocycles. The van der Waals surface area contributed by atoms with Gasteiger partial charge in [0.25, 0.3) is 0 Å². The number of aromatic nitrogens is 5. The number of anilines is 1. The Morgan fingerprint density at radius 1 is 1.25 bits per heavy atom. The maximum atomic E-state index is 12.3. The minimum atomic E-state index is -0.361. The highest BCUT2D eigenvalue weighted by Crippen LogP contribution is 2.24. The zero-order chi connectivity index (χ0) is 20.3. The lowest BCUT2D eigenvalue weighted by atomic mass is 10.1. The number of rotatable bonds is 7. The molecule has 1 amide bonds. The molecule has 8 nitrogen and oxygen atoms in total. The molecule has 0 aliphatic carbocycles. The van der Waals surface area contributed by atoms with Crippen LogP contribution in [-0.4, -0.2) is 36.1 Å². The molecule has 28 heavy (non-hydrogen) atoms. The van der Waals surface area contributed by atoms with Crippen molar-refractivity contribution in [3.05, 3.63) is 40.2 Å². The van der Waals surface area contributed by atoms with E-state index in [4.69, 9.17) is 4.74 Å². The van der Waals surface area contributed by atoms with E-state index < -0.39 is 0 Å². The largest absolute Gasteiger partial charge is 0.485 e. The second-order valence-electron chi connectivity index (χ2n) is 6.39. The summed E-state index contributed by atoms with van der Waals surface area (Å²) < 4.78 is 7.75. The Bertz CT molecular complexity index is 984. The van der Waals surface area contributed by atoms with Crippen LogP contribution in [0.25, 0.3) is 0 Å². The molecule has 0 fully saturated rings. The molecular formula is C18H22N6O2S2. The van der Waals surface area contributed by atoms with Crippen molar-refractivity contribution in [3.8, 4) is 5.75 Å². The molecule has 0 spiro atoms. The van der Waals surface area contributed by atoms with Crippen LogP contribution in [0.5, 0.6) is 5.75 Å². The highest BCUT2D eigenvalue weighted by Gasteiger charge is 2.20. The van der Waals surface area contributed by atoms with Crippen LogP contribution >= 0.6 is 23.1 Å². The number of nitrogens with one attached hydrogen (secondary N) is 1. The Morgan fingerprint density at radius 2 is 2.04 bits per heavy atom. The van der Waals surface area contributed by atoms with Crippen LogP contribution in [0.15, 0.2) is 23.4 Å². The topological polar surface area (TPSA) is 94.8 Å². The van der Waals surface area contributed by atoms with Gasteiger partial charge in [-0.1, -0.05) is 35.2 Å². The van der Waals surface area contributed by atoms with Crippen LogP contribution in [0, 0.1) is 20.8 Å². The minimum absolute atomic E-state index is 0.155. The summed E-state index contributed by atoms with van der Waals surface area (Å²) in [5.41, 5.74) is 2.21. The van der Waals surface area contributed by atoms with Gasteiger partial charge >= 0.3 is 0 Å². The Kier molecular flexibility index (Phi) is 6.30. The number of nitrogens with zero attached hydrogens (tertiary/aromatic N) is 5. The fraction of sp³-hybridized carbons (Fsp3) is 0.389. The molecule has 3 aromatic rings. The van der Waals surface area contributed by atoms with Crippen molar-refractivity contribution >= 4 is 34.1 Å². The maximum absolute atomic E-state index is 12.3. The summed E-state index contributed by atoms with van der Waals surface area (Å²) >= 11 is 2.67. The molecule has 0 saturated carbocycles. The third-order valence-corrected chi connectivity index (χ3v) is 5.92. The Morgan fingerprint density at radius 3 is 2.75 bits per heavy atom. The van der Waals surface area contributed by atoms with E-state index >= 15 is 0 Å². The first-order chi connectivity index (χ1) is 13.3. The van der Waals surface area contributed by atoms with E-state index in [1.54, 1.807) is 0 Å². The summed E-state index contributed by atoms with van der Waals surface area (Å²) in [4.78, 5) is 12.3. The van der Waals surface area contributed by atoms with Gasteiger partial charge in [-0.2, -0.15) is 0 Å². The molecule has 0 aliphatic heterocycles. The van der Waals surface area contributed by atoms with E-state index in [0.717, 1.165) is 21.9 Å². The molecule has 1 aromatic carbocycles. The van der Waals surface area contributed by atoms with Crippen molar-refractivity contribution in [2.45, 2.75) is 44.7 Å². The van der Waals surface area contributed by atoms with E-state index in [1.807, 2.05) is 51.4 Å². The number of amides is 1. The highest BCUT2D eigenvalue weighted by atomic mass is 32.2. The molecule has 0 bridgehead atoms. The Hall–Kier alpha value is -2.46. The first-order valence-electron chi connectivity index (χ1n) is 8.69. The van der Waals surface area contributed by atoms with Gasteiger partial charge in [0.15, 0.2) is 11.0 Å². The first kappa shape index (κ1) is 20.3. The standard InChI is InChI=1S/C18H22N6O2S2/c1-10-6-7-11(2)14(8-10)26-9-15-21-23-18(24(15)5)27-12(3)16(25)19-17-22-20-13(4)28-17/h6-8,12H,9H2,1-5H3,(H,19,22,25). The Labute approximate surface area is 171 Å². The SMILES string of the molecule is Cc1ccc(C)c(OCc2nnc(SC(C)C(=O)Nc3nnc(C)s3)n2C)c1. The number of carbonyl (C=O) groups excluding carboxylic acids is 1. The van der Waals surface area contributed by atoms with Crippen molar-refractivity contribution in [2.75, 3.05) is 5.32 Å². The molecule has 1 atom stereocenters. The van der Waals surface area contributed by atoms with Crippen LogP contribution < -0.4 is 10.1 Å². The van der Waals surface area contributed by atoms with Gasteiger partial charge in [-0.25, -0.2) is 0 Å². The molecular weight excluding hydrogens is 396 g/mol. The van der Waals surface area contributed by atoms with Crippen molar-refractivity contribution in [1.82, 2.24) is 25.0 Å². The fourth-order valence-corrected chi connectivity index (χ4v) is 3.77. The van der Waals surface area contributed by atoms with Crippen molar-refractivity contribution in [2.24, 2.45) is 7.05 Å². The van der Waals surface area contributed by atoms with Gasteiger partial charge in [-0.15, -0.1) is 20.4 Å². The van der Waals surface area contributed by atoms with Gasteiger partial charge < -0.3 is 9.30 Å². The molecule has 2 heterocycles. The average Bonchev–Trinajstić information content (AvgIpc) is 3.21. The van der Waals surface area contributed by atoms with E-state index in [2.05, 4.69) is 31.8 Å². The van der Waals surface area contributed by atoms with E-state index in [9.17, 15) is 4.79 Å². The van der Waals surface area contributed by atoms with Crippen molar-refractivity contribution in [1.29, 1.82) is 0 Å². The van der Waals surface area contributed by atoms with Gasteiger partial charge in [0, 0.05) is 7.05 Å². The van der Waals surface area contributed by atoms with Gasteiger partial charge in [0.05, 0.1) is 5.25 Å². The lowest BCUT2D eigenvalue weighted by molar-refractivity contribution is -0.115. The van der Waals surface area contributed by atoms with E-state index in [0.29, 0.717) is 22.7 Å². The fourth-order valence-electron chi connectivity index (χ4n) is 2.34. The van der Waals surface area contributed by atoms with Gasteiger partial charge in [-0.3, -0.25) is 10.1 Å². The number of aryl methyl sites for hydroxylation is 3. The summed E-state index contributed by atoms with van der Waals surface area (Å²) in [6.45, 7) is 7.99. The molecule has 148 valence electrons. The summed E-state index contributed by atoms with van der Waals surface area (Å²) in [5, 5.41) is 20.6. The zero-order valence-corrected chi connectivity index (χ0v) is 18.0. The molecule has 10 heteroatoms. The minimum Gasteiger partial charge on any atom is -0.485 e. The van der Waals surface area contributed by atoms with Crippen LogP contribution in [0.4, 0.5) is 5.13 Å². The lowest BCUT2D eigenvalue weighted by Gasteiger charge is -2.11. The Balaban J connectivity index is 1.60. The van der Waals surface area contributed by atoms with Crippen LogP contribution in [0.1, 0.15) is 28.9 Å². The number of ether oxygens (including phenoxy) is 1. The van der Waals surface area contributed by atoms with Gasteiger partial charge in [0.1, 0.15) is 17.4 Å². The highest BCUT2D eigenvalue weighted by molar-refractivity contribution is 8.00. The smallest absolute Gasteiger partial charge is 0.239 e. The average molecular weight is 419 g/mol. The van der Waals surface area contributed by atoms with Gasteiger partial charge in [0.2, 0.25) is 11.0 Å². The molecule has 0 saturated heterocycles. The van der Waals surface area contributed by atoms with Gasteiger partial charge in [-0.05, 0) is 44.9 Å². The monoisotopic (exact) mass is 418 g/mol. The molecule has 1 N–H and O–H groups in total. The van der Waals surface area contributed by atoms with Crippen molar-refractivity contribution < 1.29 is 9.53 Å². The van der Waals surface area contributed by atoms with E-state index in [1.165, 1.54) is 23.1 Å². The van der Waals surface area contributed by atoms with Crippen LogP contribution in [0.2, 0.25) is 0 Å². The summed E-state index contributed by atoms with van der Waals surface area (Å²) in [6, 6.07) is 6.08. The second-order valence-corrected chi connectivity index (χ2v) is 8.88. The molecule has 0 aliphatic rings. The number of thioether (sulfide) groups is 1. The summed E-state index contributed by atoms with van der Waals surface area (Å²) in [5.74, 6) is 1.37. The van der Waals surface area contributed by atoms with Crippen LogP contribution in [0.3, 0.4) is 0 Å². The number of hydrogen-bond donors (Lipinski definition) is 1. The summed E-state index contributed by atoms with van der Waals surface area (Å²) in [6.07, 6.45) is 0. The van der Waals surface area contributed by atoms with E-state index in [-0.39, 0.29) is 11.2 Å².